The largest absolute Gasteiger partial charge is 0.460 e. The zero-order valence-corrected chi connectivity index (χ0v) is 20.8. The molecule has 0 aromatic heterocycles. The van der Waals surface area contributed by atoms with Crippen molar-refractivity contribution in [1.29, 1.82) is 0 Å². The molecule has 0 heterocycles. The molecule has 0 radical (unpaired) electrons. The monoisotopic (exact) mass is 725 g/mol. The lowest BCUT2D eigenvalue weighted by Gasteiger charge is -2.29. The molecule has 264 valence electrons. The quantitative estimate of drug-likeness (QED) is 0.234. The number of hydrogen-bond acceptors (Lipinski definition) is 3. The highest BCUT2D eigenvalue weighted by atomic mass is 19.4. The summed E-state index contributed by atoms with van der Waals surface area (Å²) in [5, 5.41) is 1.28. The van der Waals surface area contributed by atoms with Crippen LogP contribution < -0.4 is 16.0 Å². The molecule has 0 saturated heterocycles. The second kappa shape index (κ2) is 11.4. The van der Waals surface area contributed by atoms with E-state index in [4.69, 9.17) is 0 Å². The number of carbonyl (C=O) groups is 3. The van der Waals surface area contributed by atoms with Gasteiger partial charge in [-0.15, -0.1) is 0 Å². The molecule has 0 spiro atoms. The van der Waals surface area contributed by atoms with Crippen molar-refractivity contribution in [3.8, 4) is 0 Å². The van der Waals surface area contributed by atoms with Gasteiger partial charge in [0.15, 0.2) is 0 Å². The number of benzene rings is 1. The van der Waals surface area contributed by atoms with Crippen LogP contribution in [-0.4, -0.2) is 71.8 Å². The standard InChI is InChI=1S/C19H8F21N3O3/c1-4-6(42-9(45)12(22,23)15(28,29)18(35,36)37)2-5(41-8(44)11(20,21)14(26,27)17(32,33)34)3-7(4)43-10(46)13(24,25)16(30,31)19(38,39)40/h2-3H,1H3,(H,41,44)(H,42,45)(H,43,46). The molecule has 3 amide bonds. The minimum absolute atomic E-state index is 0.170. The Morgan fingerprint density at radius 3 is 0.870 bits per heavy atom. The Hall–Kier alpha value is -3.84. The lowest BCUT2D eigenvalue weighted by Crippen LogP contribution is -2.58. The van der Waals surface area contributed by atoms with E-state index in [9.17, 15) is 107 Å². The molecule has 1 aromatic rings. The van der Waals surface area contributed by atoms with Crippen LogP contribution in [0.15, 0.2) is 12.1 Å². The number of halogens is 21. The topological polar surface area (TPSA) is 87.3 Å². The predicted molar refractivity (Wildman–Crippen MR) is 105 cm³/mol. The van der Waals surface area contributed by atoms with Crippen molar-refractivity contribution in [2.24, 2.45) is 0 Å². The van der Waals surface area contributed by atoms with Crippen LogP contribution in [0.5, 0.6) is 0 Å². The number of nitrogens with one attached hydrogen (secondary N) is 3. The predicted octanol–water partition coefficient (Wildman–Crippen LogP) is 7.31. The first-order valence-corrected chi connectivity index (χ1v) is 10.5. The van der Waals surface area contributed by atoms with Gasteiger partial charge in [-0.05, 0) is 24.6 Å². The second-order valence-corrected chi connectivity index (χ2v) is 8.50. The van der Waals surface area contributed by atoms with Gasteiger partial charge < -0.3 is 16.0 Å². The number of alkyl halides is 21. The van der Waals surface area contributed by atoms with Gasteiger partial charge in [0.25, 0.3) is 0 Å². The van der Waals surface area contributed by atoms with Gasteiger partial charge in [-0.3, -0.25) is 14.4 Å². The molecule has 1 rings (SSSR count). The van der Waals surface area contributed by atoms with Crippen LogP contribution in [0.3, 0.4) is 0 Å². The van der Waals surface area contributed by atoms with Gasteiger partial charge in [-0.1, -0.05) is 0 Å². The summed E-state index contributed by atoms with van der Waals surface area (Å²) in [6.07, 6.45) is -21.7. The van der Waals surface area contributed by atoms with Gasteiger partial charge in [-0.25, -0.2) is 0 Å². The average Bonchev–Trinajstić information content (AvgIpc) is 2.83. The maximum absolute atomic E-state index is 13.7. The summed E-state index contributed by atoms with van der Waals surface area (Å²) >= 11 is 0. The van der Waals surface area contributed by atoms with Gasteiger partial charge in [0.05, 0.1) is 0 Å². The van der Waals surface area contributed by atoms with Crippen molar-refractivity contribution < 1.29 is 107 Å². The summed E-state index contributed by atoms with van der Waals surface area (Å²) < 4.78 is 273. The van der Waals surface area contributed by atoms with Crippen LogP contribution in [0, 0.1) is 6.92 Å². The normalized spacial score (nSPS) is 14.6. The first-order chi connectivity index (χ1) is 19.9. The lowest BCUT2D eigenvalue weighted by atomic mass is 10.1. The Labute approximate surface area is 237 Å². The third-order valence-electron chi connectivity index (χ3n) is 5.27. The van der Waals surface area contributed by atoms with E-state index in [1.165, 1.54) is 0 Å². The average molecular weight is 725 g/mol. The highest BCUT2D eigenvalue weighted by Gasteiger charge is 2.78. The van der Waals surface area contributed by atoms with Crippen LogP contribution in [0.4, 0.5) is 109 Å². The van der Waals surface area contributed by atoms with Crippen molar-refractivity contribution in [2.45, 2.75) is 61.0 Å². The van der Waals surface area contributed by atoms with E-state index < -0.39 is 107 Å². The number of rotatable bonds is 9. The summed E-state index contributed by atoms with van der Waals surface area (Å²) in [6, 6.07) is -0.847. The number of carbonyl (C=O) groups excluding carboxylic acids is 3. The zero-order chi connectivity index (χ0) is 37.1. The van der Waals surface area contributed by atoms with Crippen molar-refractivity contribution in [2.75, 3.05) is 16.0 Å². The number of hydrogen-bond donors (Lipinski definition) is 3. The first-order valence-electron chi connectivity index (χ1n) is 10.5. The Bertz CT molecular complexity index is 1290. The molecule has 6 nitrogen and oxygen atoms in total. The highest BCUT2D eigenvalue weighted by Crippen LogP contribution is 2.50. The third-order valence-corrected chi connectivity index (χ3v) is 5.27. The van der Waals surface area contributed by atoms with Crippen LogP contribution >= 0.6 is 0 Å². The summed E-state index contributed by atoms with van der Waals surface area (Å²) in [5.41, 5.74) is -7.36. The molecule has 0 fully saturated rings. The van der Waals surface area contributed by atoms with E-state index in [-0.39, 0.29) is 6.92 Å². The van der Waals surface area contributed by atoms with Gasteiger partial charge in [0.1, 0.15) is 0 Å². The Balaban J connectivity index is 3.84. The maximum atomic E-state index is 13.7. The minimum Gasteiger partial charge on any atom is -0.320 e. The molecule has 1 aromatic carbocycles. The molecule has 0 bridgehead atoms. The molecule has 0 aliphatic heterocycles. The molecule has 46 heavy (non-hydrogen) atoms. The minimum atomic E-state index is -7.27. The Kier molecular flexibility index (Phi) is 10.00. The molecule has 0 aliphatic rings. The summed E-state index contributed by atoms with van der Waals surface area (Å²) in [4.78, 5) is 34.9. The van der Waals surface area contributed by atoms with E-state index in [1.54, 1.807) is 0 Å². The molecule has 0 atom stereocenters. The van der Waals surface area contributed by atoms with Crippen LogP contribution in [0.2, 0.25) is 0 Å². The molecule has 0 saturated carbocycles. The molecular weight excluding hydrogens is 717 g/mol. The van der Waals surface area contributed by atoms with Gasteiger partial charge in [0.2, 0.25) is 0 Å². The molecule has 0 unspecified atom stereocenters. The fraction of sp³-hybridized carbons (Fsp3) is 0.526. The maximum Gasteiger partial charge on any atom is 0.460 e. The molecule has 3 N–H and O–H groups in total. The van der Waals surface area contributed by atoms with Crippen molar-refractivity contribution in [3.63, 3.8) is 0 Å². The summed E-state index contributed by atoms with van der Waals surface area (Å²) in [6.45, 7) is 0.170. The van der Waals surface area contributed by atoms with Gasteiger partial charge in [0, 0.05) is 17.1 Å². The number of amides is 3. The van der Waals surface area contributed by atoms with E-state index in [2.05, 4.69) is 0 Å². The lowest BCUT2D eigenvalue weighted by molar-refractivity contribution is -0.343. The fourth-order valence-electron chi connectivity index (χ4n) is 2.62. The van der Waals surface area contributed by atoms with E-state index in [0.717, 1.165) is 0 Å². The third kappa shape index (κ3) is 6.66. The molecule has 0 aliphatic carbocycles. The van der Waals surface area contributed by atoms with Gasteiger partial charge in [-0.2, -0.15) is 92.2 Å². The van der Waals surface area contributed by atoms with Crippen LogP contribution in [0.25, 0.3) is 0 Å². The molecular formula is C19H8F21N3O3. The Morgan fingerprint density at radius 1 is 0.435 bits per heavy atom. The highest BCUT2D eigenvalue weighted by molar-refractivity contribution is 6.04. The van der Waals surface area contributed by atoms with Gasteiger partial charge >= 0.3 is 71.8 Å². The fourth-order valence-corrected chi connectivity index (χ4v) is 2.62. The summed E-state index contributed by atoms with van der Waals surface area (Å²) in [5.74, 6) is -53.7. The van der Waals surface area contributed by atoms with E-state index >= 15 is 0 Å². The number of anilines is 3. The summed E-state index contributed by atoms with van der Waals surface area (Å²) in [7, 11) is 0. The van der Waals surface area contributed by atoms with E-state index in [1.807, 2.05) is 0 Å². The zero-order valence-electron chi connectivity index (χ0n) is 20.8. The van der Waals surface area contributed by atoms with Crippen molar-refractivity contribution in [1.82, 2.24) is 0 Å². The van der Waals surface area contributed by atoms with Crippen molar-refractivity contribution >= 4 is 34.8 Å². The Morgan fingerprint density at radius 2 is 0.652 bits per heavy atom. The SMILES string of the molecule is Cc1c(NC(=O)C(F)(F)C(F)(F)C(F)(F)F)cc(NC(=O)C(F)(F)C(F)(F)C(F)(F)F)cc1NC(=O)C(F)(F)C(F)(F)C(F)(F)F. The van der Waals surface area contributed by atoms with Crippen LogP contribution in [-0.2, 0) is 14.4 Å². The second-order valence-electron chi connectivity index (χ2n) is 8.50. The molecule has 27 heteroatoms. The first kappa shape index (κ1) is 40.2. The smallest absolute Gasteiger partial charge is 0.320 e. The van der Waals surface area contributed by atoms with Crippen LogP contribution in [0.1, 0.15) is 5.56 Å². The van der Waals surface area contributed by atoms with Crippen molar-refractivity contribution in [3.05, 3.63) is 17.7 Å². The van der Waals surface area contributed by atoms with E-state index in [0.29, 0.717) is 16.0 Å².